The van der Waals surface area contributed by atoms with E-state index in [0.29, 0.717) is 24.4 Å². The number of hydrogen-bond acceptors (Lipinski definition) is 4. The van der Waals surface area contributed by atoms with Gasteiger partial charge in [-0.3, -0.25) is 0 Å². The molecule has 0 aliphatic heterocycles. The van der Waals surface area contributed by atoms with E-state index in [1.165, 1.54) is 6.07 Å². The van der Waals surface area contributed by atoms with Crippen LogP contribution in [0, 0.1) is 6.92 Å². The van der Waals surface area contributed by atoms with Crippen LogP contribution in [0.4, 0.5) is 0 Å². The summed E-state index contributed by atoms with van der Waals surface area (Å²) >= 11 is 0. The van der Waals surface area contributed by atoms with Crippen molar-refractivity contribution < 1.29 is 13.9 Å². The minimum absolute atomic E-state index is 0.202. The molecular formula is C16H18O4. The second kappa shape index (κ2) is 6.37. The second-order valence-electron chi connectivity index (χ2n) is 4.91. The van der Waals surface area contributed by atoms with Gasteiger partial charge in [0, 0.05) is 23.9 Å². The zero-order valence-electron chi connectivity index (χ0n) is 11.8. The average Bonchev–Trinajstić information content (AvgIpc) is 2.37. The van der Waals surface area contributed by atoms with E-state index in [9.17, 15) is 9.59 Å². The molecule has 4 heteroatoms. The Morgan fingerprint density at radius 1 is 1.25 bits per heavy atom. The number of ether oxygens (including phenoxy) is 1. The molecule has 0 aliphatic carbocycles. The third kappa shape index (κ3) is 3.70. The summed E-state index contributed by atoms with van der Waals surface area (Å²) in [6.07, 6.45) is 2.25. The molecule has 106 valence electrons. The number of carbonyl (C=O) groups is 1. The number of hydrogen-bond donors (Lipinski definition) is 0. The normalized spacial score (nSPS) is 10.7. The molecule has 1 heterocycles. The van der Waals surface area contributed by atoms with Crippen LogP contribution in [0.1, 0.15) is 31.7 Å². The smallest absolute Gasteiger partial charge is 0.336 e. The van der Waals surface area contributed by atoms with Crippen LogP contribution in [0.15, 0.2) is 33.5 Å². The van der Waals surface area contributed by atoms with Gasteiger partial charge >= 0.3 is 5.63 Å². The number of fused-ring (bicyclic) bond motifs is 1. The highest BCUT2D eigenvalue weighted by atomic mass is 16.5. The van der Waals surface area contributed by atoms with E-state index in [-0.39, 0.29) is 11.4 Å². The topological polar surface area (TPSA) is 56.5 Å². The Kier molecular flexibility index (Phi) is 4.56. The van der Waals surface area contributed by atoms with Crippen molar-refractivity contribution in [3.8, 4) is 5.75 Å². The Labute approximate surface area is 117 Å². The molecule has 0 saturated heterocycles. The average molecular weight is 274 g/mol. The Morgan fingerprint density at radius 3 is 2.80 bits per heavy atom. The lowest BCUT2D eigenvalue weighted by atomic mass is 10.1. The van der Waals surface area contributed by atoms with Crippen molar-refractivity contribution >= 4 is 16.8 Å². The van der Waals surface area contributed by atoms with Gasteiger partial charge in [0.1, 0.15) is 17.1 Å². The molecule has 0 spiro atoms. The standard InChI is InChI=1S/C16H18O4/c1-11-9-16(18)20-15-10-13(6-7-14(11)15)19-8-4-3-5-12(2)17/h6-7,9-10H,3-5,8H2,1-2H3. The van der Waals surface area contributed by atoms with Crippen LogP contribution in [-0.2, 0) is 4.79 Å². The van der Waals surface area contributed by atoms with Crippen molar-refractivity contribution in [1.29, 1.82) is 0 Å². The van der Waals surface area contributed by atoms with Crippen molar-refractivity contribution in [2.45, 2.75) is 33.1 Å². The predicted octanol–water partition coefficient (Wildman–Crippen LogP) is 3.24. The first kappa shape index (κ1) is 14.3. The molecule has 0 fully saturated rings. The van der Waals surface area contributed by atoms with Crippen LogP contribution < -0.4 is 10.4 Å². The van der Waals surface area contributed by atoms with Gasteiger partial charge in [-0.1, -0.05) is 0 Å². The number of ketones is 1. The first-order chi connectivity index (χ1) is 9.56. The molecule has 0 aliphatic rings. The van der Waals surface area contributed by atoms with Crippen LogP contribution in [0.25, 0.3) is 11.0 Å². The van der Waals surface area contributed by atoms with Gasteiger partial charge in [0.15, 0.2) is 0 Å². The van der Waals surface area contributed by atoms with Crippen LogP contribution >= 0.6 is 0 Å². The monoisotopic (exact) mass is 274 g/mol. The number of Topliss-reactive ketones (excluding diaryl/α,β-unsaturated/α-hetero) is 1. The predicted molar refractivity (Wildman–Crippen MR) is 77.2 cm³/mol. The van der Waals surface area contributed by atoms with Crippen molar-refractivity contribution in [1.82, 2.24) is 0 Å². The van der Waals surface area contributed by atoms with Crippen molar-refractivity contribution in [3.63, 3.8) is 0 Å². The molecule has 0 atom stereocenters. The van der Waals surface area contributed by atoms with Gasteiger partial charge < -0.3 is 13.9 Å². The second-order valence-corrected chi connectivity index (χ2v) is 4.91. The maximum atomic E-state index is 11.3. The highest BCUT2D eigenvalue weighted by molar-refractivity contribution is 5.81. The third-order valence-corrected chi connectivity index (χ3v) is 3.11. The van der Waals surface area contributed by atoms with Crippen LogP contribution in [-0.4, -0.2) is 12.4 Å². The van der Waals surface area contributed by atoms with Crippen LogP contribution in [0.2, 0.25) is 0 Å². The Bertz CT molecular complexity index is 670. The Hall–Kier alpha value is -2.10. The molecule has 0 saturated carbocycles. The fourth-order valence-corrected chi connectivity index (χ4v) is 2.06. The lowest BCUT2D eigenvalue weighted by Gasteiger charge is -2.07. The van der Waals surface area contributed by atoms with Gasteiger partial charge in [-0.05, 0) is 44.4 Å². The van der Waals surface area contributed by atoms with E-state index < -0.39 is 0 Å². The van der Waals surface area contributed by atoms with Crippen molar-refractivity contribution in [2.24, 2.45) is 0 Å². The summed E-state index contributed by atoms with van der Waals surface area (Å²) in [5, 5.41) is 0.911. The lowest BCUT2D eigenvalue weighted by Crippen LogP contribution is -2.00. The van der Waals surface area contributed by atoms with E-state index in [1.807, 2.05) is 19.1 Å². The maximum Gasteiger partial charge on any atom is 0.336 e. The summed E-state index contributed by atoms with van der Waals surface area (Å²) in [5.74, 6) is 0.877. The van der Waals surface area contributed by atoms with E-state index in [2.05, 4.69) is 0 Å². The number of carbonyl (C=O) groups excluding carboxylic acids is 1. The zero-order chi connectivity index (χ0) is 14.5. The summed E-state index contributed by atoms with van der Waals surface area (Å²) in [5.41, 5.74) is 1.08. The molecule has 0 bridgehead atoms. The summed E-state index contributed by atoms with van der Waals surface area (Å²) in [4.78, 5) is 22.1. The minimum Gasteiger partial charge on any atom is -0.493 e. The molecule has 0 radical (unpaired) electrons. The van der Waals surface area contributed by atoms with E-state index in [4.69, 9.17) is 9.15 Å². The molecule has 20 heavy (non-hydrogen) atoms. The largest absolute Gasteiger partial charge is 0.493 e. The van der Waals surface area contributed by atoms with Gasteiger partial charge in [-0.25, -0.2) is 4.79 Å². The molecule has 2 rings (SSSR count). The number of benzene rings is 1. The molecule has 2 aromatic rings. The Balaban J connectivity index is 2.01. The lowest BCUT2D eigenvalue weighted by molar-refractivity contribution is -0.117. The van der Waals surface area contributed by atoms with E-state index in [0.717, 1.165) is 23.8 Å². The fourth-order valence-electron chi connectivity index (χ4n) is 2.06. The molecule has 1 aromatic carbocycles. The molecule has 1 aromatic heterocycles. The number of unbranched alkanes of at least 4 members (excludes halogenated alkanes) is 1. The van der Waals surface area contributed by atoms with Crippen molar-refractivity contribution in [3.05, 3.63) is 40.2 Å². The van der Waals surface area contributed by atoms with Crippen molar-refractivity contribution in [2.75, 3.05) is 6.61 Å². The first-order valence-electron chi connectivity index (χ1n) is 6.73. The third-order valence-electron chi connectivity index (χ3n) is 3.11. The van der Waals surface area contributed by atoms with Crippen LogP contribution in [0.5, 0.6) is 5.75 Å². The van der Waals surface area contributed by atoms with Gasteiger partial charge in [-0.2, -0.15) is 0 Å². The summed E-state index contributed by atoms with van der Waals surface area (Å²) in [7, 11) is 0. The molecular weight excluding hydrogens is 256 g/mol. The summed E-state index contributed by atoms with van der Waals surface area (Å²) in [6.45, 7) is 4.02. The molecule has 0 unspecified atom stereocenters. The fraction of sp³-hybridized carbons (Fsp3) is 0.375. The maximum absolute atomic E-state index is 11.3. The highest BCUT2D eigenvalue weighted by Crippen LogP contribution is 2.22. The molecule has 4 nitrogen and oxygen atoms in total. The van der Waals surface area contributed by atoms with Crippen LogP contribution in [0.3, 0.4) is 0 Å². The quantitative estimate of drug-likeness (QED) is 0.599. The Morgan fingerprint density at radius 2 is 2.05 bits per heavy atom. The SMILES string of the molecule is CC(=O)CCCCOc1ccc2c(C)cc(=O)oc2c1. The molecule has 0 amide bonds. The molecule has 0 N–H and O–H groups in total. The highest BCUT2D eigenvalue weighted by Gasteiger charge is 2.04. The van der Waals surface area contributed by atoms with Gasteiger partial charge in [0.25, 0.3) is 0 Å². The zero-order valence-corrected chi connectivity index (χ0v) is 11.8. The number of aryl methyl sites for hydroxylation is 1. The minimum atomic E-state index is -0.353. The first-order valence-corrected chi connectivity index (χ1v) is 6.73. The van der Waals surface area contributed by atoms with Gasteiger partial charge in [0.2, 0.25) is 0 Å². The summed E-state index contributed by atoms with van der Waals surface area (Å²) in [6, 6.07) is 6.96. The number of rotatable bonds is 6. The van der Waals surface area contributed by atoms with Gasteiger partial charge in [-0.15, -0.1) is 0 Å². The van der Waals surface area contributed by atoms with E-state index >= 15 is 0 Å². The summed E-state index contributed by atoms with van der Waals surface area (Å²) < 4.78 is 10.8. The van der Waals surface area contributed by atoms with E-state index in [1.54, 1.807) is 13.0 Å². The van der Waals surface area contributed by atoms with Gasteiger partial charge in [0.05, 0.1) is 6.61 Å².